The molecule has 0 bridgehead atoms. The molecule has 0 rings (SSSR count). The number of hydrogen-bond acceptors (Lipinski definition) is 3. The molecule has 0 aliphatic carbocycles. The first-order valence-corrected chi connectivity index (χ1v) is 6.13. The minimum Gasteiger partial charge on any atom is -0.394 e. The van der Waals surface area contributed by atoms with Gasteiger partial charge >= 0.3 is 0 Å². The summed E-state index contributed by atoms with van der Waals surface area (Å²) in [5.41, 5.74) is 5.64. The zero-order chi connectivity index (χ0) is 12.6. The lowest BCUT2D eigenvalue weighted by molar-refractivity contribution is -0.123. The van der Waals surface area contributed by atoms with Gasteiger partial charge in [0.1, 0.15) is 0 Å². The number of carbonyl (C=O) groups excluding carboxylic acids is 1. The molecule has 0 fully saturated rings. The molecular weight excluding hydrogens is 204 g/mol. The van der Waals surface area contributed by atoms with Gasteiger partial charge in [-0.3, -0.25) is 4.79 Å². The zero-order valence-electron chi connectivity index (χ0n) is 10.7. The van der Waals surface area contributed by atoms with Crippen LogP contribution in [0, 0.1) is 11.8 Å². The monoisotopic (exact) mass is 230 g/mol. The summed E-state index contributed by atoms with van der Waals surface area (Å²) in [7, 11) is 0. The second-order valence-electron chi connectivity index (χ2n) is 4.79. The molecule has 96 valence electrons. The minimum absolute atomic E-state index is 0.000285. The molecule has 4 heteroatoms. The molecule has 16 heavy (non-hydrogen) atoms. The zero-order valence-corrected chi connectivity index (χ0v) is 10.7. The number of aliphatic hydroxyl groups is 1. The van der Waals surface area contributed by atoms with E-state index in [9.17, 15) is 4.79 Å². The van der Waals surface area contributed by atoms with E-state index < -0.39 is 0 Å². The molecule has 4 nitrogen and oxygen atoms in total. The van der Waals surface area contributed by atoms with E-state index in [0.717, 1.165) is 12.8 Å². The van der Waals surface area contributed by atoms with Crippen molar-refractivity contribution < 1.29 is 9.90 Å². The van der Waals surface area contributed by atoms with Crippen LogP contribution >= 0.6 is 0 Å². The van der Waals surface area contributed by atoms with Crippen LogP contribution in [0.3, 0.4) is 0 Å². The van der Waals surface area contributed by atoms with E-state index in [1.165, 1.54) is 0 Å². The SMILES string of the molecule is CCC(CO)NC(=O)CC(CN)CC(C)C. The van der Waals surface area contributed by atoms with Gasteiger partial charge in [-0.15, -0.1) is 0 Å². The van der Waals surface area contributed by atoms with Gasteiger partial charge in [-0.25, -0.2) is 0 Å². The fourth-order valence-electron chi connectivity index (χ4n) is 1.76. The maximum absolute atomic E-state index is 11.6. The number of rotatable bonds is 8. The Balaban J connectivity index is 3.99. The predicted octanol–water partition coefficient (Wildman–Crippen LogP) is 0.885. The summed E-state index contributed by atoms with van der Waals surface area (Å²) in [6.07, 6.45) is 2.19. The van der Waals surface area contributed by atoms with E-state index in [0.29, 0.717) is 18.9 Å². The van der Waals surface area contributed by atoms with Crippen LogP contribution in [0.2, 0.25) is 0 Å². The minimum atomic E-state index is -0.120. The van der Waals surface area contributed by atoms with E-state index in [2.05, 4.69) is 19.2 Å². The van der Waals surface area contributed by atoms with E-state index >= 15 is 0 Å². The van der Waals surface area contributed by atoms with Gasteiger partial charge in [0.05, 0.1) is 12.6 Å². The van der Waals surface area contributed by atoms with Crippen molar-refractivity contribution in [3.63, 3.8) is 0 Å². The molecule has 2 unspecified atom stereocenters. The molecule has 0 aliphatic rings. The Morgan fingerprint density at radius 1 is 1.44 bits per heavy atom. The van der Waals surface area contributed by atoms with Crippen LogP contribution in [-0.2, 0) is 4.79 Å². The molecule has 0 aromatic rings. The van der Waals surface area contributed by atoms with Crippen molar-refractivity contribution >= 4 is 5.91 Å². The Kier molecular flexibility index (Phi) is 8.21. The van der Waals surface area contributed by atoms with Crippen LogP contribution in [0.1, 0.15) is 40.0 Å². The molecule has 0 heterocycles. The number of aliphatic hydroxyl groups excluding tert-OH is 1. The van der Waals surface area contributed by atoms with Gasteiger partial charge in [0.25, 0.3) is 0 Å². The lowest BCUT2D eigenvalue weighted by Crippen LogP contribution is -2.38. The van der Waals surface area contributed by atoms with Crippen molar-refractivity contribution in [1.29, 1.82) is 0 Å². The Labute approximate surface area is 98.6 Å². The highest BCUT2D eigenvalue weighted by atomic mass is 16.3. The highest BCUT2D eigenvalue weighted by Crippen LogP contribution is 2.14. The molecule has 4 N–H and O–H groups in total. The van der Waals surface area contributed by atoms with Gasteiger partial charge in [-0.05, 0) is 31.2 Å². The number of nitrogens with two attached hydrogens (primary N) is 1. The largest absolute Gasteiger partial charge is 0.394 e. The van der Waals surface area contributed by atoms with Crippen molar-refractivity contribution in [2.45, 2.75) is 46.1 Å². The maximum Gasteiger partial charge on any atom is 0.220 e. The molecule has 2 atom stereocenters. The second-order valence-corrected chi connectivity index (χ2v) is 4.79. The van der Waals surface area contributed by atoms with Crippen molar-refractivity contribution in [3.8, 4) is 0 Å². The van der Waals surface area contributed by atoms with Crippen molar-refractivity contribution in [2.75, 3.05) is 13.2 Å². The van der Waals surface area contributed by atoms with Crippen molar-refractivity contribution in [3.05, 3.63) is 0 Å². The lowest BCUT2D eigenvalue weighted by atomic mass is 9.94. The molecule has 0 aromatic heterocycles. The van der Waals surface area contributed by atoms with E-state index in [1.807, 2.05) is 6.92 Å². The molecule has 0 radical (unpaired) electrons. The lowest BCUT2D eigenvalue weighted by Gasteiger charge is -2.19. The maximum atomic E-state index is 11.6. The molecule has 1 amide bonds. The van der Waals surface area contributed by atoms with Gasteiger partial charge < -0.3 is 16.2 Å². The van der Waals surface area contributed by atoms with Crippen molar-refractivity contribution in [2.24, 2.45) is 17.6 Å². The van der Waals surface area contributed by atoms with Gasteiger partial charge in [0.15, 0.2) is 0 Å². The first kappa shape index (κ1) is 15.4. The number of nitrogens with one attached hydrogen (secondary N) is 1. The quantitative estimate of drug-likeness (QED) is 0.579. The van der Waals surface area contributed by atoms with Crippen LogP contribution in [0.5, 0.6) is 0 Å². The average Bonchev–Trinajstić information content (AvgIpc) is 2.24. The van der Waals surface area contributed by atoms with Crippen molar-refractivity contribution in [1.82, 2.24) is 5.32 Å². The number of amides is 1. The van der Waals surface area contributed by atoms with Gasteiger partial charge in [-0.2, -0.15) is 0 Å². The summed E-state index contributed by atoms with van der Waals surface area (Å²) in [5, 5.41) is 11.8. The third-order valence-electron chi connectivity index (χ3n) is 2.69. The Hall–Kier alpha value is -0.610. The molecule has 0 spiro atoms. The van der Waals surface area contributed by atoms with Crippen LogP contribution in [0.15, 0.2) is 0 Å². The molecular formula is C12H26N2O2. The summed E-state index contributed by atoms with van der Waals surface area (Å²) in [6.45, 7) is 6.74. The smallest absolute Gasteiger partial charge is 0.220 e. The van der Waals surface area contributed by atoms with Crippen LogP contribution in [-0.4, -0.2) is 30.2 Å². The molecule has 0 aromatic carbocycles. The third kappa shape index (κ3) is 6.80. The summed E-state index contributed by atoms with van der Waals surface area (Å²) < 4.78 is 0. The Morgan fingerprint density at radius 2 is 2.06 bits per heavy atom. The first-order valence-electron chi connectivity index (χ1n) is 6.13. The van der Waals surface area contributed by atoms with E-state index in [1.54, 1.807) is 0 Å². The van der Waals surface area contributed by atoms with Gasteiger partial charge in [0, 0.05) is 6.42 Å². The molecule has 0 saturated heterocycles. The average molecular weight is 230 g/mol. The summed E-state index contributed by atoms with van der Waals surface area (Å²) >= 11 is 0. The fourth-order valence-corrected chi connectivity index (χ4v) is 1.76. The summed E-state index contributed by atoms with van der Waals surface area (Å²) in [6, 6.07) is -0.120. The van der Waals surface area contributed by atoms with Gasteiger partial charge in [0.2, 0.25) is 5.91 Å². The second kappa shape index (κ2) is 8.53. The summed E-state index contributed by atoms with van der Waals surface area (Å²) in [5.74, 6) is 0.800. The molecule has 0 saturated carbocycles. The topological polar surface area (TPSA) is 75.3 Å². The van der Waals surface area contributed by atoms with Crippen LogP contribution in [0.4, 0.5) is 0 Å². The normalized spacial score (nSPS) is 14.9. The number of carbonyl (C=O) groups is 1. The number of hydrogen-bond donors (Lipinski definition) is 3. The van der Waals surface area contributed by atoms with E-state index in [4.69, 9.17) is 10.8 Å². The molecule has 0 aliphatic heterocycles. The van der Waals surface area contributed by atoms with Crippen LogP contribution < -0.4 is 11.1 Å². The third-order valence-corrected chi connectivity index (χ3v) is 2.69. The highest BCUT2D eigenvalue weighted by molar-refractivity contribution is 5.76. The summed E-state index contributed by atoms with van der Waals surface area (Å²) in [4.78, 5) is 11.6. The fraction of sp³-hybridized carbons (Fsp3) is 0.917. The van der Waals surface area contributed by atoms with Crippen LogP contribution in [0.25, 0.3) is 0 Å². The Morgan fingerprint density at radius 3 is 2.44 bits per heavy atom. The van der Waals surface area contributed by atoms with Gasteiger partial charge in [-0.1, -0.05) is 20.8 Å². The highest BCUT2D eigenvalue weighted by Gasteiger charge is 2.16. The standard InChI is InChI=1S/C12H26N2O2/c1-4-11(8-15)14-12(16)6-10(7-13)5-9(2)3/h9-11,15H,4-8,13H2,1-3H3,(H,14,16). The predicted molar refractivity (Wildman–Crippen MR) is 65.9 cm³/mol. The first-order chi connectivity index (χ1) is 7.53. The Bertz CT molecular complexity index is 191. The van der Waals surface area contributed by atoms with E-state index in [-0.39, 0.29) is 24.5 Å².